The van der Waals surface area contributed by atoms with Crippen molar-refractivity contribution in [3.63, 3.8) is 0 Å². The van der Waals surface area contributed by atoms with Gasteiger partial charge >= 0.3 is 0 Å². The summed E-state index contributed by atoms with van der Waals surface area (Å²) >= 11 is 17.8. The van der Waals surface area contributed by atoms with Crippen LogP contribution in [0.1, 0.15) is 11.1 Å². The van der Waals surface area contributed by atoms with Crippen LogP contribution in [-0.4, -0.2) is 11.2 Å². The van der Waals surface area contributed by atoms with E-state index in [4.69, 9.17) is 40.1 Å². The highest BCUT2D eigenvalue weighted by Gasteiger charge is 2.15. The van der Waals surface area contributed by atoms with E-state index in [-0.39, 0.29) is 26.6 Å². The number of halogens is 3. The molecule has 0 bridgehead atoms. The second-order valence-corrected chi connectivity index (χ2v) is 5.15. The van der Waals surface area contributed by atoms with Crippen LogP contribution in [0.15, 0.2) is 29.6 Å². The summed E-state index contributed by atoms with van der Waals surface area (Å²) in [6.45, 7) is 0. The van der Waals surface area contributed by atoms with Crippen LogP contribution in [0.5, 0.6) is 0 Å². The van der Waals surface area contributed by atoms with Crippen molar-refractivity contribution in [2.24, 2.45) is 12.1 Å². The zero-order valence-electron chi connectivity index (χ0n) is 10.8. The zero-order valence-corrected chi connectivity index (χ0v) is 13.1. The molecule has 106 valence electrons. The fraction of sp³-hybridized carbons (Fsp3) is 0.0769. The lowest BCUT2D eigenvalue weighted by atomic mass is 10.3. The minimum absolute atomic E-state index is 0.0317. The molecule has 2 aromatic heterocycles. The molecular weight excluding hydrogens is 333 g/mol. The van der Waals surface area contributed by atoms with E-state index in [9.17, 15) is 0 Å². The molecule has 0 aliphatic heterocycles. The quantitative estimate of drug-likeness (QED) is 0.403. The number of pyridine rings is 2. The van der Waals surface area contributed by atoms with Crippen molar-refractivity contribution < 1.29 is 4.57 Å². The van der Waals surface area contributed by atoms with Gasteiger partial charge in [-0.3, -0.25) is 5.43 Å². The average molecular weight is 342 g/mol. The standard InChI is InChI=1S/C13H9Cl3N5/c1-21-4-2-3-8(7-21)6-18-20-13-11(15)10(14)9(5-17)12(16)19-13/h2-4,6-7H,1H3,(H,19,20)/q+1/b18-6-. The molecule has 1 N–H and O–H groups in total. The number of anilines is 1. The minimum Gasteiger partial charge on any atom is -0.260 e. The first-order chi connectivity index (χ1) is 10.0. The maximum atomic E-state index is 8.90. The van der Waals surface area contributed by atoms with Crippen molar-refractivity contribution in [3.05, 3.63) is 50.9 Å². The highest BCUT2D eigenvalue weighted by molar-refractivity contribution is 6.45. The summed E-state index contributed by atoms with van der Waals surface area (Å²) in [5.41, 5.74) is 3.57. The molecule has 0 atom stereocenters. The SMILES string of the molecule is C[n+]1cccc(/C=N\Nc2nc(Cl)c(C#N)c(Cl)c2Cl)c1. The third-order valence-electron chi connectivity index (χ3n) is 2.49. The number of hydrazone groups is 1. The van der Waals surface area contributed by atoms with Gasteiger partial charge in [-0.25, -0.2) is 9.55 Å². The first kappa shape index (κ1) is 15.5. The van der Waals surface area contributed by atoms with Gasteiger partial charge in [0.05, 0.1) is 16.8 Å². The van der Waals surface area contributed by atoms with Crippen LogP contribution >= 0.6 is 34.8 Å². The van der Waals surface area contributed by atoms with Gasteiger partial charge in [0, 0.05) is 6.07 Å². The van der Waals surface area contributed by atoms with Crippen molar-refractivity contribution in [2.45, 2.75) is 0 Å². The fourth-order valence-corrected chi connectivity index (χ4v) is 2.20. The summed E-state index contributed by atoms with van der Waals surface area (Å²) in [5.74, 6) is 0.183. The third kappa shape index (κ3) is 3.61. The number of nitriles is 1. The van der Waals surface area contributed by atoms with Gasteiger partial charge in [0.2, 0.25) is 0 Å². The molecule has 0 aliphatic rings. The highest BCUT2D eigenvalue weighted by Crippen LogP contribution is 2.34. The second-order valence-electron chi connectivity index (χ2n) is 4.04. The summed E-state index contributed by atoms with van der Waals surface area (Å²) in [4.78, 5) is 3.95. The van der Waals surface area contributed by atoms with E-state index in [2.05, 4.69) is 15.5 Å². The Morgan fingerprint density at radius 1 is 1.38 bits per heavy atom. The van der Waals surface area contributed by atoms with Crippen LogP contribution in [0.2, 0.25) is 15.2 Å². The highest BCUT2D eigenvalue weighted by atomic mass is 35.5. The number of aryl methyl sites for hydroxylation is 1. The molecule has 0 fully saturated rings. The fourth-order valence-electron chi connectivity index (χ4n) is 1.53. The van der Waals surface area contributed by atoms with Gasteiger partial charge in [-0.15, -0.1) is 0 Å². The minimum atomic E-state index is -0.0317. The Morgan fingerprint density at radius 3 is 2.81 bits per heavy atom. The van der Waals surface area contributed by atoms with E-state index >= 15 is 0 Å². The lowest BCUT2D eigenvalue weighted by Crippen LogP contribution is -2.26. The molecule has 0 unspecified atom stereocenters. The normalized spacial score (nSPS) is 10.6. The topological polar surface area (TPSA) is 64.9 Å². The monoisotopic (exact) mass is 340 g/mol. The number of nitrogens with zero attached hydrogens (tertiary/aromatic N) is 4. The largest absolute Gasteiger partial charge is 0.260 e. The van der Waals surface area contributed by atoms with Crippen LogP contribution in [-0.2, 0) is 7.05 Å². The third-order valence-corrected chi connectivity index (χ3v) is 3.61. The maximum absolute atomic E-state index is 8.90. The zero-order chi connectivity index (χ0) is 15.4. The Hall–Kier alpha value is -1.87. The average Bonchev–Trinajstić information content (AvgIpc) is 2.45. The first-order valence-electron chi connectivity index (χ1n) is 5.72. The van der Waals surface area contributed by atoms with Gasteiger partial charge in [-0.05, 0) is 6.07 Å². The Bertz CT molecular complexity index is 752. The van der Waals surface area contributed by atoms with Crippen LogP contribution in [0.4, 0.5) is 5.82 Å². The Balaban J connectivity index is 2.23. The first-order valence-corrected chi connectivity index (χ1v) is 6.85. The number of aromatic nitrogens is 2. The van der Waals surface area contributed by atoms with Gasteiger partial charge in [0.25, 0.3) is 0 Å². The summed E-state index contributed by atoms with van der Waals surface area (Å²) in [6.07, 6.45) is 5.39. The number of hydrogen-bond acceptors (Lipinski definition) is 4. The van der Waals surface area contributed by atoms with Gasteiger partial charge in [-0.1, -0.05) is 34.8 Å². The van der Waals surface area contributed by atoms with E-state index in [0.29, 0.717) is 0 Å². The van der Waals surface area contributed by atoms with Crippen molar-refractivity contribution in [1.82, 2.24) is 4.98 Å². The summed E-state index contributed by atoms with van der Waals surface area (Å²) in [5, 5.41) is 13.0. The van der Waals surface area contributed by atoms with Crippen molar-refractivity contribution in [3.8, 4) is 6.07 Å². The van der Waals surface area contributed by atoms with E-state index in [1.165, 1.54) is 0 Å². The van der Waals surface area contributed by atoms with Crippen LogP contribution in [0, 0.1) is 11.3 Å². The van der Waals surface area contributed by atoms with E-state index in [1.807, 2.05) is 42.2 Å². The molecule has 0 radical (unpaired) electrons. The van der Waals surface area contributed by atoms with Crippen LogP contribution in [0.25, 0.3) is 0 Å². The second kappa shape index (κ2) is 6.72. The number of rotatable bonds is 3. The van der Waals surface area contributed by atoms with E-state index < -0.39 is 0 Å². The molecule has 0 spiro atoms. The molecule has 21 heavy (non-hydrogen) atoms. The molecule has 8 heteroatoms. The van der Waals surface area contributed by atoms with Crippen molar-refractivity contribution in [1.29, 1.82) is 5.26 Å². The Labute approximate surface area is 136 Å². The lowest BCUT2D eigenvalue weighted by molar-refractivity contribution is -0.671. The van der Waals surface area contributed by atoms with Gasteiger partial charge in [-0.2, -0.15) is 10.4 Å². The molecule has 2 aromatic rings. The molecule has 0 saturated heterocycles. The predicted molar refractivity (Wildman–Crippen MR) is 82.8 cm³/mol. The molecule has 0 aromatic carbocycles. The summed E-state index contributed by atoms with van der Waals surface area (Å²) in [7, 11) is 1.91. The molecule has 2 heterocycles. The van der Waals surface area contributed by atoms with Crippen molar-refractivity contribution in [2.75, 3.05) is 5.43 Å². The van der Waals surface area contributed by atoms with E-state index in [1.54, 1.807) is 6.21 Å². The summed E-state index contributed by atoms with van der Waals surface area (Å²) < 4.78 is 1.89. The molecule has 5 nitrogen and oxygen atoms in total. The molecule has 2 rings (SSSR count). The molecular formula is C13H9Cl3N5+. The molecule has 0 aliphatic carbocycles. The Morgan fingerprint density at radius 2 is 2.14 bits per heavy atom. The molecule has 0 amide bonds. The number of nitrogens with one attached hydrogen (secondary N) is 1. The predicted octanol–water partition coefficient (Wildman–Crippen LogP) is 3.18. The summed E-state index contributed by atoms with van der Waals surface area (Å²) in [6, 6.07) is 5.62. The maximum Gasteiger partial charge on any atom is 0.177 e. The smallest absolute Gasteiger partial charge is 0.177 e. The van der Waals surface area contributed by atoms with Gasteiger partial charge in [0.15, 0.2) is 23.4 Å². The Kier molecular flexibility index (Phi) is 4.97. The van der Waals surface area contributed by atoms with Crippen molar-refractivity contribution >= 4 is 46.8 Å². The van der Waals surface area contributed by atoms with E-state index in [0.717, 1.165) is 5.56 Å². The van der Waals surface area contributed by atoms with Crippen LogP contribution in [0.3, 0.4) is 0 Å². The van der Waals surface area contributed by atoms with Gasteiger partial charge in [0.1, 0.15) is 23.7 Å². The molecule has 0 saturated carbocycles. The van der Waals surface area contributed by atoms with Gasteiger partial charge < -0.3 is 0 Å². The lowest BCUT2D eigenvalue weighted by Gasteiger charge is -2.06. The van der Waals surface area contributed by atoms with Crippen LogP contribution < -0.4 is 9.99 Å². The number of hydrogen-bond donors (Lipinski definition) is 1.